The topological polar surface area (TPSA) is 43.1 Å². The van der Waals surface area contributed by atoms with E-state index in [0.717, 1.165) is 0 Å². The fourth-order valence-electron chi connectivity index (χ4n) is 0.888. The zero-order chi connectivity index (χ0) is 10.1. The highest BCUT2D eigenvalue weighted by Crippen LogP contribution is 2.19. The highest BCUT2D eigenvalue weighted by molar-refractivity contribution is 6.01. The largest absolute Gasteiger partial charge is 0.399 e. The summed E-state index contributed by atoms with van der Waals surface area (Å²) in [6.45, 7) is 0.575. The Morgan fingerprint density at radius 3 is 2.15 bits per heavy atom. The number of ketones is 1. The number of hydrogen-bond acceptors (Lipinski definition) is 2. The monoisotopic (exact) mass is 185 g/mol. The van der Waals surface area contributed by atoms with Crippen LogP contribution in [0.5, 0.6) is 0 Å². The Labute approximate surface area is 74.4 Å². The van der Waals surface area contributed by atoms with E-state index in [-0.39, 0.29) is 5.56 Å². The summed E-state index contributed by atoms with van der Waals surface area (Å²) >= 11 is 0. The van der Waals surface area contributed by atoms with E-state index in [0.29, 0.717) is 12.6 Å². The number of nitrogens with two attached hydrogens (primary N) is 1. The second kappa shape index (κ2) is 3.12. The van der Waals surface area contributed by atoms with Crippen LogP contribution in [0.1, 0.15) is 17.3 Å². The normalized spacial score (nSPS) is 11.3. The second-order valence-corrected chi connectivity index (χ2v) is 2.84. The number of rotatable bonds is 2. The molecule has 2 N–H and O–H groups in total. The minimum absolute atomic E-state index is 0.0262. The Bertz CT molecular complexity index is 313. The maximum absolute atomic E-state index is 12.5. The van der Waals surface area contributed by atoms with Crippen molar-refractivity contribution in [3.05, 3.63) is 29.8 Å². The van der Waals surface area contributed by atoms with Gasteiger partial charge in [0, 0.05) is 18.2 Å². The van der Waals surface area contributed by atoms with Crippen molar-refractivity contribution in [2.45, 2.75) is 12.8 Å². The Kier molecular flexibility index (Phi) is 2.32. The zero-order valence-electron chi connectivity index (χ0n) is 7.05. The van der Waals surface area contributed by atoms with Gasteiger partial charge in [-0.3, -0.25) is 4.79 Å². The van der Waals surface area contributed by atoms with Crippen LogP contribution in [-0.4, -0.2) is 11.7 Å². The molecule has 4 heteroatoms. The van der Waals surface area contributed by atoms with Crippen LogP contribution >= 0.6 is 0 Å². The second-order valence-electron chi connectivity index (χ2n) is 2.84. The number of anilines is 1. The summed E-state index contributed by atoms with van der Waals surface area (Å²) in [5.41, 5.74) is 5.75. The lowest BCUT2D eigenvalue weighted by atomic mass is 10.1. The Morgan fingerprint density at radius 1 is 1.31 bits per heavy atom. The minimum atomic E-state index is -3.32. The SMILES string of the molecule is CC(F)(F)C(=O)c1ccc(N)cc1. The predicted octanol–water partition coefficient (Wildman–Crippen LogP) is 2.11. The summed E-state index contributed by atoms with van der Waals surface area (Å²) in [4.78, 5) is 11.0. The summed E-state index contributed by atoms with van der Waals surface area (Å²) in [5.74, 6) is -4.51. The van der Waals surface area contributed by atoms with Crippen LogP contribution in [-0.2, 0) is 0 Å². The summed E-state index contributed by atoms with van der Waals surface area (Å²) in [6, 6.07) is 5.40. The van der Waals surface area contributed by atoms with Crippen molar-refractivity contribution < 1.29 is 13.6 Å². The van der Waals surface area contributed by atoms with Gasteiger partial charge >= 0.3 is 5.92 Å². The van der Waals surface area contributed by atoms with Crippen LogP contribution in [0.25, 0.3) is 0 Å². The molecule has 0 heterocycles. The van der Waals surface area contributed by atoms with Crippen LogP contribution in [0.3, 0.4) is 0 Å². The molecule has 0 fully saturated rings. The first-order valence-corrected chi connectivity index (χ1v) is 3.69. The number of carbonyl (C=O) groups excluding carboxylic acids is 1. The Morgan fingerprint density at radius 2 is 1.77 bits per heavy atom. The maximum Gasteiger partial charge on any atom is 0.307 e. The standard InChI is InChI=1S/C9H9F2NO/c1-9(10,11)8(13)6-2-4-7(12)5-3-6/h2-5H,12H2,1H3. The van der Waals surface area contributed by atoms with Crippen molar-refractivity contribution in [2.24, 2.45) is 0 Å². The van der Waals surface area contributed by atoms with Crippen LogP contribution in [0.15, 0.2) is 24.3 Å². The molecule has 1 aromatic carbocycles. The minimum Gasteiger partial charge on any atom is -0.399 e. The average molecular weight is 185 g/mol. The lowest BCUT2D eigenvalue weighted by molar-refractivity contribution is 0.0221. The smallest absolute Gasteiger partial charge is 0.307 e. The third-order valence-corrected chi connectivity index (χ3v) is 1.57. The molecule has 2 nitrogen and oxygen atoms in total. The molecule has 0 unspecified atom stereocenters. The summed E-state index contributed by atoms with van der Waals surface area (Å²) < 4.78 is 25.0. The number of carbonyl (C=O) groups is 1. The quantitative estimate of drug-likeness (QED) is 0.566. The van der Waals surface area contributed by atoms with Gasteiger partial charge in [0.05, 0.1) is 0 Å². The predicted molar refractivity (Wildman–Crippen MR) is 45.8 cm³/mol. The molecule has 0 aromatic heterocycles. The molecule has 13 heavy (non-hydrogen) atoms. The van der Waals surface area contributed by atoms with Crippen molar-refractivity contribution in [1.82, 2.24) is 0 Å². The molecule has 0 saturated carbocycles. The van der Waals surface area contributed by atoms with Gasteiger partial charge in [0.15, 0.2) is 0 Å². The molecule has 0 aliphatic heterocycles. The third kappa shape index (κ3) is 2.24. The molecule has 70 valence electrons. The molecule has 0 spiro atoms. The number of nitrogen functional groups attached to an aromatic ring is 1. The molecule has 0 bridgehead atoms. The number of hydrogen-bond donors (Lipinski definition) is 1. The van der Waals surface area contributed by atoms with E-state index < -0.39 is 11.7 Å². The van der Waals surface area contributed by atoms with Crippen molar-refractivity contribution >= 4 is 11.5 Å². The fourth-order valence-corrected chi connectivity index (χ4v) is 0.888. The molecule has 0 saturated heterocycles. The van der Waals surface area contributed by atoms with Crippen LogP contribution in [0.4, 0.5) is 14.5 Å². The lowest BCUT2D eigenvalue weighted by Gasteiger charge is -2.08. The Hall–Kier alpha value is -1.45. The van der Waals surface area contributed by atoms with Crippen molar-refractivity contribution in [1.29, 1.82) is 0 Å². The van der Waals surface area contributed by atoms with Gasteiger partial charge in [-0.1, -0.05) is 0 Å². The van der Waals surface area contributed by atoms with Crippen molar-refractivity contribution in [2.75, 3.05) is 5.73 Å². The van der Waals surface area contributed by atoms with E-state index in [1.165, 1.54) is 24.3 Å². The maximum atomic E-state index is 12.5. The van der Waals surface area contributed by atoms with Gasteiger partial charge in [0.25, 0.3) is 0 Å². The molecule has 1 rings (SSSR count). The molecule has 0 amide bonds. The van der Waals surface area contributed by atoms with Gasteiger partial charge in [-0.15, -0.1) is 0 Å². The summed E-state index contributed by atoms with van der Waals surface area (Å²) in [5, 5.41) is 0. The molecule has 0 radical (unpaired) electrons. The van der Waals surface area contributed by atoms with E-state index in [2.05, 4.69) is 0 Å². The van der Waals surface area contributed by atoms with Gasteiger partial charge in [-0.05, 0) is 24.3 Å². The van der Waals surface area contributed by atoms with Gasteiger partial charge < -0.3 is 5.73 Å². The van der Waals surface area contributed by atoms with E-state index in [4.69, 9.17) is 5.73 Å². The lowest BCUT2D eigenvalue weighted by Crippen LogP contribution is -2.24. The molecule has 0 aliphatic carbocycles. The van der Waals surface area contributed by atoms with Crippen LogP contribution in [0, 0.1) is 0 Å². The van der Waals surface area contributed by atoms with Gasteiger partial charge in [0.1, 0.15) is 0 Å². The van der Waals surface area contributed by atoms with Gasteiger partial charge in [-0.25, -0.2) is 0 Å². The third-order valence-electron chi connectivity index (χ3n) is 1.57. The molecular formula is C9H9F2NO. The number of benzene rings is 1. The first kappa shape index (κ1) is 9.64. The molecule has 1 aromatic rings. The fraction of sp³-hybridized carbons (Fsp3) is 0.222. The van der Waals surface area contributed by atoms with Crippen LogP contribution in [0.2, 0.25) is 0 Å². The molecule has 0 atom stereocenters. The summed E-state index contributed by atoms with van der Waals surface area (Å²) in [7, 11) is 0. The molecule has 0 aliphatic rings. The van der Waals surface area contributed by atoms with E-state index in [1.54, 1.807) is 0 Å². The van der Waals surface area contributed by atoms with Crippen molar-refractivity contribution in [3.8, 4) is 0 Å². The van der Waals surface area contributed by atoms with Gasteiger partial charge in [0.2, 0.25) is 5.78 Å². The zero-order valence-corrected chi connectivity index (χ0v) is 7.05. The highest BCUT2D eigenvalue weighted by atomic mass is 19.3. The highest BCUT2D eigenvalue weighted by Gasteiger charge is 2.32. The molecular weight excluding hydrogens is 176 g/mol. The van der Waals surface area contributed by atoms with Crippen molar-refractivity contribution in [3.63, 3.8) is 0 Å². The van der Waals surface area contributed by atoms with E-state index >= 15 is 0 Å². The first-order chi connectivity index (χ1) is 5.91. The Balaban J connectivity index is 2.97. The number of halogens is 2. The first-order valence-electron chi connectivity index (χ1n) is 3.69. The van der Waals surface area contributed by atoms with Crippen LogP contribution < -0.4 is 5.73 Å². The summed E-state index contributed by atoms with van der Waals surface area (Å²) in [6.07, 6.45) is 0. The van der Waals surface area contributed by atoms with E-state index in [1.807, 2.05) is 0 Å². The van der Waals surface area contributed by atoms with E-state index in [9.17, 15) is 13.6 Å². The number of alkyl halides is 2. The van der Waals surface area contributed by atoms with Gasteiger partial charge in [-0.2, -0.15) is 8.78 Å². The average Bonchev–Trinajstić information content (AvgIpc) is 2.03. The number of Topliss-reactive ketones (excluding diaryl/α,β-unsaturated/α-hetero) is 1.